The molecule has 0 bridgehead atoms. The molecular weight excluding hydrogens is 318 g/mol. The molecule has 1 aromatic rings. The topological polar surface area (TPSA) is 80.4 Å². The Balaban J connectivity index is 2.41. The van der Waals surface area contributed by atoms with Crippen molar-refractivity contribution in [1.82, 2.24) is 0 Å². The van der Waals surface area contributed by atoms with Crippen molar-refractivity contribution in [2.24, 2.45) is 11.1 Å². The zero-order chi connectivity index (χ0) is 13.6. The van der Waals surface area contributed by atoms with Crippen LogP contribution in [0.25, 0.3) is 0 Å². The first kappa shape index (κ1) is 14.0. The van der Waals surface area contributed by atoms with Gasteiger partial charge in [-0.15, -0.1) is 0 Å². The van der Waals surface area contributed by atoms with Gasteiger partial charge in [0.05, 0.1) is 11.9 Å². The predicted molar refractivity (Wildman–Crippen MR) is 74.1 cm³/mol. The molecule has 1 fully saturated rings. The Morgan fingerprint density at radius 1 is 1.39 bits per heavy atom. The summed E-state index contributed by atoms with van der Waals surface area (Å²) < 4.78 is 24.5. The molecule has 6 heteroatoms. The number of aliphatic hydroxyl groups excluding tert-OH is 1. The standard InChI is InChI=1S/C12H16BrNO3S/c1-18(16,17)11-10(12(11,6-14)7-15)8-2-4-9(13)5-3-8/h2-5,10-11,15H,6-7,14H2,1H3. The number of hydrogen-bond donors (Lipinski definition) is 2. The monoisotopic (exact) mass is 333 g/mol. The predicted octanol–water partition coefficient (Wildman–Crippen LogP) is 0.897. The van der Waals surface area contributed by atoms with E-state index in [9.17, 15) is 13.5 Å². The van der Waals surface area contributed by atoms with E-state index >= 15 is 0 Å². The van der Waals surface area contributed by atoms with Crippen molar-refractivity contribution < 1.29 is 13.5 Å². The zero-order valence-corrected chi connectivity index (χ0v) is 12.4. The molecule has 0 heterocycles. The van der Waals surface area contributed by atoms with Gasteiger partial charge in [-0.05, 0) is 17.7 Å². The number of benzene rings is 1. The highest BCUT2D eigenvalue weighted by atomic mass is 79.9. The molecule has 0 radical (unpaired) electrons. The highest BCUT2D eigenvalue weighted by Crippen LogP contribution is 2.61. The SMILES string of the molecule is CS(=O)(=O)C1C(c2ccc(Br)cc2)C1(CN)CO. The van der Waals surface area contributed by atoms with Crippen LogP contribution < -0.4 is 5.73 Å². The number of nitrogens with two attached hydrogens (primary N) is 1. The number of halogens is 1. The van der Waals surface area contributed by atoms with Gasteiger partial charge >= 0.3 is 0 Å². The second-order valence-corrected chi connectivity index (χ2v) is 7.96. The van der Waals surface area contributed by atoms with Gasteiger partial charge in [0.25, 0.3) is 0 Å². The van der Waals surface area contributed by atoms with E-state index in [-0.39, 0.29) is 19.1 Å². The number of rotatable bonds is 4. The summed E-state index contributed by atoms with van der Waals surface area (Å²) in [6.07, 6.45) is 1.20. The Morgan fingerprint density at radius 2 is 1.94 bits per heavy atom. The lowest BCUT2D eigenvalue weighted by Crippen LogP contribution is -2.27. The highest BCUT2D eigenvalue weighted by Gasteiger charge is 2.68. The maximum Gasteiger partial charge on any atom is 0.151 e. The van der Waals surface area contributed by atoms with Crippen LogP contribution in [0.2, 0.25) is 0 Å². The van der Waals surface area contributed by atoms with Crippen molar-refractivity contribution in [3.05, 3.63) is 34.3 Å². The Labute approximate surface area is 115 Å². The van der Waals surface area contributed by atoms with Crippen LogP contribution in [0.4, 0.5) is 0 Å². The van der Waals surface area contributed by atoms with Crippen LogP contribution in [0.3, 0.4) is 0 Å². The first-order chi connectivity index (χ1) is 8.36. The van der Waals surface area contributed by atoms with Gasteiger partial charge in [-0.1, -0.05) is 28.1 Å². The van der Waals surface area contributed by atoms with Crippen molar-refractivity contribution in [1.29, 1.82) is 0 Å². The lowest BCUT2D eigenvalue weighted by molar-refractivity contribution is 0.212. The zero-order valence-electron chi connectivity index (χ0n) is 10.0. The lowest BCUT2D eigenvalue weighted by Gasteiger charge is -2.11. The van der Waals surface area contributed by atoms with Crippen molar-refractivity contribution >= 4 is 25.8 Å². The third-order valence-electron chi connectivity index (χ3n) is 3.74. The molecule has 100 valence electrons. The second-order valence-electron chi connectivity index (χ2n) is 4.87. The minimum absolute atomic E-state index is 0.169. The molecule has 3 atom stereocenters. The van der Waals surface area contributed by atoms with Gasteiger partial charge in [0.15, 0.2) is 9.84 Å². The van der Waals surface area contributed by atoms with Gasteiger partial charge in [0, 0.05) is 28.6 Å². The maximum atomic E-state index is 11.8. The molecule has 0 aliphatic heterocycles. The second kappa shape index (κ2) is 4.59. The first-order valence-electron chi connectivity index (χ1n) is 5.62. The molecular formula is C12H16BrNO3S. The van der Waals surface area contributed by atoms with E-state index in [1.165, 1.54) is 6.26 Å². The highest BCUT2D eigenvalue weighted by molar-refractivity contribution is 9.10. The van der Waals surface area contributed by atoms with Crippen molar-refractivity contribution in [2.45, 2.75) is 11.2 Å². The lowest BCUT2D eigenvalue weighted by atomic mass is 10.0. The Kier molecular flexibility index (Phi) is 3.57. The molecule has 0 saturated heterocycles. The summed E-state index contributed by atoms with van der Waals surface area (Å²) in [4.78, 5) is 0. The molecule has 4 nitrogen and oxygen atoms in total. The van der Waals surface area contributed by atoms with Crippen molar-refractivity contribution in [3.8, 4) is 0 Å². The fourth-order valence-corrected chi connectivity index (χ4v) is 5.08. The molecule has 1 saturated carbocycles. The van der Waals surface area contributed by atoms with Crippen LogP contribution in [0, 0.1) is 5.41 Å². The van der Waals surface area contributed by atoms with E-state index in [0.29, 0.717) is 0 Å². The Morgan fingerprint density at radius 3 is 2.28 bits per heavy atom. The summed E-state index contributed by atoms with van der Waals surface area (Å²) in [6, 6.07) is 7.48. The third-order valence-corrected chi connectivity index (χ3v) is 5.94. The summed E-state index contributed by atoms with van der Waals surface area (Å²) in [5.74, 6) is -0.212. The van der Waals surface area contributed by atoms with Gasteiger partial charge in [0.1, 0.15) is 0 Å². The van der Waals surface area contributed by atoms with E-state index in [4.69, 9.17) is 5.73 Å². The number of sulfone groups is 1. The summed E-state index contributed by atoms with van der Waals surface area (Å²) >= 11 is 3.34. The molecule has 1 aliphatic carbocycles. The fraction of sp³-hybridized carbons (Fsp3) is 0.500. The minimum atomic E-state index is -3.22. The van der Waals surface area contributed by atoms with Crippen LogP contribution in [0.15, 0.2) is 28.7 Å². The van der Waals surface area contributed by atoms with E-state index in [1.54, 1.807) is 0 Å². The summed E-state index contributed by atoms with van der Waals surface area (Å²) in [5.41, 5.74) is 5.88. The van der Waals surface area contributed by atoms with Gasteiger partial charge in [-0.25, -0.2) is 8.42 Å². The van der Waals surface area contributed by atoms with Gasteiger partial charge < -0.3 is 10.8 Å². The number of aliphatic hydroxyl groups is 1. The van der Waals surface area contributed by atoms with Gasteiger partial charge in [-0.2, -0.15) is 0 Å². The van der Waals surface area contributed by atoms with Crippen LogP contribution in [0.1, 0.15) is 11.5 Å². The molecule has 0 aromatic heterocycles. The Hall–Kier alpha value is -0.430. The molecule has 2 rings (SSSR count). The number of hydrogen-bond acceptors (Lipinski definition) is 4. The average molecular weight is 334 g/mol. The average Bonchev–Trinajstić information content (AvgIpc) is 3.00. The van der Waals surface area contributed by atoms with Crippen molar-refractivity contribution in [3.63, 3.8) is 0 Å². The maximum absolute atomic E-state index is 11.8. The normalized spacial score (nSPS) is 31.3. The fourth-order valence-electron chi connectivity index (χ4n) is 2.80. The minimum Gasteiger partial charge on any atom is -0.396 e. The summed E-state index contributed by atoms with van der Waals surface area (Å²) in [5, 5.41) is 8.94. The quantitative estimate of drug-likeness (QED) is 0.857. The first-order valence-corrected chi connectivity index (χ1v) is 8.37. The van der Waals surface area contributed by atoms with Crippen LogP contribution >= 0.6 is 15.9 Å². The van der Waals surface area contributed by atoms with E-state index < -0.39 is 20.5 Å². The van der Waals surface area contributed by atoms with Crippen molar-refractivity contribution in [2.75, 3.05) is 19.4 Å². The molecule has 1 aromatic carbocycles. The summed E-state index contributed by atoms with van der Waals surface area (Å²) in [6.45, 7) is -0.0378. The summed E-state index contributed by atoms with van der Waals surface area (Å²) in [7, 11) is -3.22. The molecule has 0 spiro atoms. The Bertz CT molecular complexity index is 537. The molecule has 3 unspecified atom stereocenters. The van der Waals surface area contributed by atoms with Crippen LogP contribution in [-0.4, -0.2) is 38.2 Å². The van der Waals surface area contributed by atoms with Crippen LogP contribution in [-0.2, 0) is 9.84 Å². The molecule has 1 aliphatic rings. The molecule has 3 N–H and O–H groups in total. The molecule has 0 amide bonds. The van der Waals surface area contributed by atoms with Gasteiger partial charge in [0.2, 0.25) is 0 Å². The van der Waals surface area contributed by atoms with Gasteiger partial charge in [-0.3, -0.25) is 0 Å². The smallest absolute Gasteiger partial charge is 0.151 e. The third kappa shape index (κ3) is 2.11. The van der Waals surface area contributed by atoms with E-state index in [2.05, 4.69) is 15.9 Å². The molecule has 18 heavy (non-hydrogen) atoms. The largest absolute Gasteiger partial charge is 0.396 e. The van der Waals surface area contributed by atoms with Crippen LogP contribution in [0.5, 0.6) is 0 Å². The van der Waals surface area contributed by atoms with E-state index in [1.807, 2.05) is 24.3 Å². The van der Waals surface area contributed by atoms with E-state index in [0.717, 1.165) is 10.0 Å².